The molecule has 0 aromatic rings. The lowest BCUT2D eigenvalue weighted by atomic mass is 9.50. The van der Waals surface area contributed by atoms with Crippen LogP contribution in [-0.2, 0) is 0 Å². The first-order valence-electron chi connectivity index (χ1n) is 6.08. The Morgan fingerprint density at radius 1 is 1.06 bits per heavy atom. The summed E-state index contributed by atoms with van der Waals surface area (Å²) in [6.45, 7) is 4.05. The number of allylic oxidation sites excluding steroid dienone is 1. The van der Waals surface area contributed by atoms with Gasteiger partial charge >= 0.3 is 6.16 Å². The van der Waals surface area contributed by atoms with Crippen molar-refractivity contribution in [2.75, 3.05) is 0 Å². The lowest BCUT2D eigenvalue weighted by Crippen LogP contribution is -2.44. The highest BCUT2D eigenvalue weighted by molar-refractivity contribution is 5.53. The van der Waals surface area contributed by atoms with Crippen LogP contribution in [0, 0.1) is 23.2 Å². The number of rotatable bonds is 1. The molecule has 0 heterocycles. The number of carbonyl (C=O) groups is 1. The predicted molar refractivity (Wildman–Crippen MR) is 61.5 cm³/mol. The Kier molecular flexibility index (Phi) is 2.96. The summed E-state index contributed by atoms with van der Waals surface area (Å²) in [5, 5.41) is 13.9. The summed E-state index contributed by atoms with van der Waals surface area (Å²) in [6.07, 6.45) is 9.53. The number of hydrogen-bond donors (Lipinski definition) is 2. The molecular weight excluding hydrogens is 204 g/mol. The third-order valence-corrected chi connectivity index (χ3v) is 4.52. The Labute approximate surface area is 96.2 Å². The molecule has 16 heavy (non-hydrogen) atoms. The van der Waals surface area contributed by atoms with Crippen molar-refractivity contribution in [1.82, 2.24) is 0 Å². The van der Waals surface area contributed by atoms with E-state index in [2.05, 4.69) is 12.7 Å². The van der Waals surface area contributed by atoms with Gasteiger partial charge in [-0.25, -0.2) is 4.79 Å². The van der Waals surface area contributed by atoms with E-state index < -0.39 is 6.16 Å². The van der Waals surface area contributed by atoms with E-state index in [1.807, 2.05) is 0 Å². The normalized spacial score (nSPS) is 43.4. The van der Waals surface area contributed by atoms with Gasteiger partial charge in [0.15, 0.2) is 0 Å². The summed E-state index contributed by atoms with van der Waals surface area (Å²) in [4.78, 5) is 8.56. The van der Waals surface area contributed by atoms with Crippen LogP contribution < -0.4 is 0 Å². The van der Waals surface area contributed by atoms with Crippen LogP contribution in [0.2, 0.25) is 0 Å². The van der Waals surface area contributed by atoms with Gasteiger partial charge in [-0.15, -0.1) is 6.58 Å². The lowest BCUT2D eigenvalue weighted by molar-refractivity contribution is -0.0235. The molecule has 4 saturated carbocycles. The van der Waals surface area contributed by atoms with Crippen molar-refractivity contribution in [3.63, 3.8) is 0 Å². The van der Waals surface area contributed by atoms with Crippen molar-refractivity contribution in [1.29, 1.82) is 0 Å². The molecule has 4 fully saturated rings. The minimum atomic E-state index is -1.83. The van der Waals surface area contributed by atoms with E-state index in [-0.39, 0.29) is 0 Å². The fraction of sp³-hybridized carbons (Fsp3) is 0.769. The highest BCUT2D eigenvalue weighted by Crippen LogP contribution is 2.60. The minimum absolute atomic E-state index is 0.606. The molecule has 4 aliphatic rings. The monoisotopic (exact) mass is 224 g/mol. The molecule has 0 unspecified atom stereocenters. The third kappa shape index (κ3) is 2.23. The van der Waals surface area contributed by atoms with Crippen LogP contribution >= 0.6 is 0 Å². The Hall–Kier alpha value is -0.990. The second kappa shape index (κ2) is 4.11. The van der Waals surface area contributed by atoms with Crippen molar-refractivity contribution in [2.24, 2.45) is 23.2 Å². The van der Waals surface area contributed by atoms with Crippen molar-refractivity contribution in [3.05, 3.63) is 12.7 Å². The maximum Gasteiger partial charge on any atom is 0.503 e. The van der Waals surface area contributed by atoms with Gasteiger partial charge in [-0.05, 0) is 61.7 Å². The number of carboxylic acid groups (broad SMARTS) is 2. The summed E-state index contributed by atoms with van der Waals surface area (Å²) >= 11 is 0. The van der Waals surface area contributed by atoms with E-state index in [1.54, 1.807) is 19.3 Å². The average molecular weight is 224 g/mol. The first kappa shape index (κ1) is 11.5. The van der Waals surface area contributed by atoms with Gasteiger partial charge in [0, 0.05) is 0 Å². The van der Waals surface area contributed by atoms with Crippen LogP contribution in [0.5, 0.6) is 0 Å². The van der Waals surface area contributed by atoms with E-state index in [1.165, 1.54) is 19.3 Å². The summed E-state index contributed by atoms with van der Waals surface area (Å²) in [6, 6.07) is 0. The van der Waals surface area contributed by atoms with Gasteiger partial charge in [0.25, 0.3) is 0 Å². The summed E-state index contributed by atoms with van der Waals surface area (Å²) < 4.78 is 0. The van der Waals surface area contributed by atoms with E-state index in [0.29, 0.717) is 5.41 Å². The molecule has 4 bridgehead atoms. The minimum Gasteiger partial charge on any atom is -0.450 e. The first-order valence-corrected chi connectivity index (χ1v) is 6.08. The molecule has 0 aromatic carbocycles. The maximum absolute atomic E-state index is 8.56. The predicted octanol–water partition coefficient (Wildman–Crippen LogP) is 3.61. The highest BCUT2D eigenvalue weighted by atomic mass is 16.6. The molecule has 0 aliphatic heterocycles. The van der Waals surface area contributed by atoms with Crippen LogP contribution in [-0.4, -0.2) is 16.4 Å². The average Bonchev–Trinajstić information content (AvgIpc) is 2.14. The van der Waals surface area contributed by atoms with Crippen molar-refractivity contribution in [2.45, 2.75) is 38.5 Å². The van der Waals surface area contributed by atoms with E-state index in [9.17, 15) is 0 Å². The molecule has 0 amide bonds. The van der Waals surface area contributed by atoms with Crippen molar-refractivity contribution in [3.8, 4) is 0 Å². The zero-order valence-electron chi connectivity index (χ0n) is 9.56. The maximum atomic E-state index is 8.56. The summed E-state index contributed by atoms with van der Waals surface area (Å²) in [5.74, 6) is 3.23. The summed E-state index contributed by atoms with van der Waals surface area (Å²) in [7, 11) is 0. The van der Waals surface area contributed by atoms with Gasteiger partial charge < -0.3 is 10.2 Å². The highest BCUT2D eigenvalue weighted by Gasteiger charge is 2.49. The SMILES string of the molecule is C=CC12CC3CC(CC(C3)C1)C2.O=C(O)O. The zero-order chi connectivity index (χ0) is 11.8. The molecule has 4 rings (SSSR count). The van der Waals surface area contributed by atoms with Crippen LogP contribution in [0.25, 0.3) is 0 Å². The fourth-order valence-corrected chi connectivity index (χ4v) is 4.43. The second-order valence-electron chi connectivity index (χ2n) is 5.77. The standard InChI is InChI=1S/C12H18.CH2O3/c1-2-12-6-9-3-10(7-12)5-11(4-9)8-12;2-1(3)4/h2,9-11H,1,3-8H2;(H2,2,3,4). The molecular formula is C13H20O3. The molecule has 0 aromatic heterocycles. The summed E-state index contributed by atoms with van der Waals surface area (Å²) in [5.41, 5.74) is 0.606. The smallest absolute Gasteiger partial charge is 0.450 e. The van der Waals surface area contributed by atoms with Crippen molar-refractivity contribution >= 4 is 6.16 Å². The molecule has 3 heteroatoms. The van der Waals surface area contributed by atoms with Gasteiger partial charge in [-0.1, -0.05) is 6.08 Å². The Morgan fingerprint density at radius 3 is 1.62 bits per heavy atom. The van der Waals surface area contributed by atoms with Gasteiger partial charge in [0.05, 0.1) is 0 Å². The van der Waals surface area contributed by atoms with Gasteiger partial charge in [-0.3, -0.25) is 0 Å². The Bertz CT molecular complexity index is 256. The molecule has 0 spiro atoms. The molecule has 0 atom stereocenters. The number of hydrogen-bond acceptors (Lipinski definition) is 1. The molecule has 3 nitrogen and oxygen atoms in total. The van der Waals surface area contributed by atoms with Crippen LogP contribution in [0.4, 0.5) is 4.79 Å². The van der Waals surface area contributed by atoms with Gasteiger partial charge in [0.2, 0.25) is 0 Å². The Balaban J connectivity index is 0.000000212. The molecule has 0 saturated heterocycles. The molecule has 2 N–H and O–H groups in total. The topological polar surface area (TPSA) is 57.5 Å². The van der Waals surface area contributed by atoms with E-state index in [4.69, 9.17) is 15.0 Å². The van der Waals surface area contributed by atoms with E-state index in [0.717, 1.165) is 17.8 Å². The van der Waals surface area contributed by atoms with Crippen LogP contribution in [0.1, 0.15) is 38.5 Å². The van der Waals surface area contributed by atoms with Crippen molar-refractivity contribution < 1.29 is 15.0 Å². The molecule has 0 radical (unpaired) electrons. The second-order valence-corrected chi connectivity index (χ2v) is 5.77. The van der Waals surface area contributed by atoms with Gasteiger partial charge in [0.1, 0.15) is 0 Å². The zero-order valence-corrected chi connectivity index (χ0v) is 9.56. The third-order valence-electron chi connectivity index (χ3n) is 4.52. The van der Waals surface area contributed by atoms with Crippen LogP contribution in [0.15, 0.2) is 12.7 Å². The van der Waals surface area contributed by atoms with Crippen LogP contribution in [0.3, 0.4) is 0 Å². The fourth-order valence-electron chi connectivity index (χ4n) is 4.43. The first-order chi connectivity index (χ1) is 7.53. The lowest BCUT2D eigenvalue weighted by Gasteiger charge is -2.55. The molecule has 4 aliphatic carbocycles. The molecule has 90 valence electrons. The Morgan fingerprint density at radius 2 is 1.38 bits per heavy atom. The van der Waals surface area contributed by atoms with Gasteiger partial charge in [-0.2, -0.15) is 0 Å². The largest absolute Gasteiger partial charge is 0.503 e. The quantitative estimate of drug-likeness (QED) is 0.669. The van der Waals surface area contributed by atoms with E-state index >= 15 is 0 Å².